The summed E-state index contributed by atoms with van der Waals surface area (Å²) in [6.45, 7) is 0. The number of nitrogens with zero attached hydrogens (tertiary/aromatic N) is 2. The topological polar surface area (TPSA) is 158 Å². The second-order valence-electron chi connectivity index (χ2n) is 4.72. The van der Waals surface area contributed by atoms with E-state index in [-0.39, 0.29) is 14.9 Å². The second kappa shape index (κ2) is 7.84. The van der Waals surface area contributed by atoms with Gasteiger partial charge >= 0.3 is 0 Å². The van der Waals surface area contributed by atoms with Crippen molar-refractivity contribution in [3.63, 3.8) is 0 Å². The van der Waals surface area contributed by atoms with Crippen LogP contribution in [0.2, 0.25) is 0 Å². The minimum atomic E-state index is -4.28. The molecule has 0 aromatic heterocycles. The molecule has 0 unspecified atom stereocenters. The second-order valence-corrected chi connectivity index (χ2v) is 7.95. The highest BCUT2D eigenvalue weighted by Crippen LogP contribution is 2.17. The van der Waals surface area contributed by atoms with Crippen LogP contribution in [0.5, 0.6) is 0 Å². The molecule has 0 saturated carbocycles. The molecule has 0 heterocycles. The number of rotatable bonds is 5. The zero-order valence-electron chi connectivity index (χ0n) is 12.8. The van der Waals surface area contributed by atoms with Crippen LogP contribution >= 0.6 is 12.2 Å². The lowest BCUT2D eigenvalue weighted by atomic mass is 10.3. The fourth-order valence-corrected chi connectivity index (χ4v) is 2.70. The van der Waals surface area contributed by atoms with Crippen molar-refractivity contribution in [2.45, 2.75) is 9.79 Å². The fourth-order valence-electron chi connectivity index (χ4n) is 1.65. The lowest BCUT2D eigenvalue weighted by Crippen LogP contribution is -2.25. The number of azo groups is 1. The average Bonchev–Trinajstić information content (AvgIpc) is 2.57. The van der Waals surface area contributed by atoms with Gasteiger partial charge in [-0.3, -0.25) is 20.0 Å². The van der Waals surface area contributed by atoms with E-state index < -0.39 is 20.2 Å². The first-order valence-electron chi connectivity index (χ1n) is 6.68. The molecule has 0 spiro atoms. The highest BCUT2D eigenvalue weighted by atomic mass is 32.2. The Hall–Kier alpha value is -2.45. The Morgan fingerprint density at radius 2 is 1.31 bits per heavy atom. The maximum Gasteiger partial charge on any atom is 0.294 e. The third kappa shape index (κ3) is 5.82. The highest BCUT2D eigenvalue weighted by molar-refractivity contribution is 7.86. The Balaban J connectivity index is 1.93. The minimum absolute atomic E-state index is 0.0530. The Morgan fingerprint density at radius 1 is 0.846 bits per heavy atom. The molecule has 10 nitrogen and oxygen atoms in total. The van der Waals surface area contributed by atoms with Crippen LogP contribution in [-0.4, -0.2) is 31.1 Å². The van der Waals surface area contributed by atoms with Crippen LogP contribution in [0.25, 0.3) is 0 Å². The molecule has 26 heavy (non-hydrogen) atoms. The number of hydrogen-bond acceptors (Lipinski definition) is 7. The van der Waals surface area contributed by atoms with E-state index in [1.165, 1.54) is 36.4 Å². The largest absolute Gasteiger partial charge is 0.299 e. The summed E-state index contributed by atoms with van der Waals surface area (Å²) in [5.41, 5.74) is 5.95. The van der Waals surface area contributed by atoms with Gasteiger partial charge in [0, 0.05) is 0 Å². The van der Waals surface area contributed by atoms with E-state index in [0.717, 1.165) is 12.1 Å². The Morgan fingerprint density at radius 3 is 1.77 bits per heavy atom. The standard InChI is InChI=1S/C13H12N4O6S3/c18-25(19,20)11-5-1-9(2-6-11)14-16-13(24)17-15-10-3-7-12(8-4-10)26(21,22)23/h1-8,14H,(H,16,24)(H,18,19,20)(H,21,22,23). The van der Waals surface area contributed by atoms with Crippen LogP contribution in [0, 0.1) is 0 Å². The van der Waals surface area contributed by atoms with E-state index >= 15 is 0 Å². The van der Waals surface area contributed by atoms with Gasteiger partial charge < -0.3 is 0 Å². The minimum Gasteiger partial charge on any atom is -0.299 e. The van der Waals surface area contributed by atoms with Gasteiger partial charge in [-0.2, -0.15) is 16.8 Å². The maximum absolute atomic E-state index is 10.9. The maximum atomic E-state index is 10.9. The third-order valence-electron chi connectivity index (χ3n) is 2.86. The van der Waals surface area contributed by atoms with Crippen LogP contribution in [-0.2, 0) is 20.2 Å². The van der Waals surface area contributed by atoms with E-state index in [1.807, 2.05) is 0 Å². The first-order valence-corrected chi connectivity index (χ1v) is 9.97. The van der Waals surface area contributed by atoms with Crippen LogP contribution < -0.4 is 10.9 Å². The third-order valence-corrected chi connectivity index (χ3v) is 4.78. The Bertz CT molecular complexity index is 1030. The lowest BCUT2D eigenvalue weighted by Gasteiger charge is -2.07. The van der Waals surface area contributed by atoms with Crippen molar-refractivity contribution >= 4 is 48.9 Å². The molecular formula is C13H12N4O6S3. The van der Waals surface area contributed by atoms with Crippen molar-refractivity contribution in [2.75, 3.05) is 5.43 Å². The molecule has 138 valence electrons. The first kappa shape index (κ1) is 19.9. The molecule has 0 fully saturated rings. The van der Waals surface area contributed by atoms with Gasteiger partial charge in [0.1, 0.15) is 0 Å². The average molecular weight is 416 g/mol. The number of hydrazine groups is 1. The molecule has 0 aliphatic heterocycles. The van der Waals surface area contributed by atoms with Gasteiger partial charge in [-0.05, 0) is 60.7 Å². The van der Waals surface area contributed by atoms with Crippen molar-refractivity contribution in [2.24, 2.45) is 10.2 Å². The van der Waals surface area contributed by atoms with Gasteiger partial charge in [0.2, 0.25) is 5.11 Å². The van der Waals surface area contributed by atoms with E-state index in [1.54, 1.807) is 0 Å². The molecule has 4 N–H and O–H groups in total. The Labute approximate surface area is 154 Å². The monoisotopic (exact) mass is 416 g/mol. The number of nitrogens with one attached hydrogen (secondary N) is 2. The van der Waals surface area contributed by atoms with Crippen molar-refractivity contribution in [1.82, 2.24) is 5.43 Å². The number of benzene rings is 2. The van der Waals surface area contributed by atoms with E-state index in [9.17, 15) is 16.8 Å². The van der Waals surface area contributed by atoms with Crippen molar-refractivity contribution < 1.29 is 25.9 Å². The molecule has 0 saturated heterocycles. The lowest BCUT2D eigenvalue weighted by molar-refractivity contribution is 0.481. The molecule has 0 amide bonds. The molecule has 0 aliphatic carbocycles. The van der Waals surface area contributed by atoms with E-state index in [2.05, 4.69) is 21.1 Å². The summed E-state index contributed by atoms with van der Waals surface area (Å²) in [4.78, 5) is -0.522. The van der Waals surface area contributed by atoms with Gasteiger partial charge in [0.05, 0.1) is 21.2 Å². The summed E-state index contributed by atoms with van der Waals surface area (Å²) in [5, 5.41) is 7.42. The van der Waals surface area contributed by atoms with Gasteiger partial charge in [-0.1, -0.05) is 0 Å². The van der Waals surface area contributed by atoms with E-state index in [0.29, 0.717) is 11.4 Å². The summed E-state index contributed by atoms with van der Waals surface area (Å²) in [7, 11) is -8.54. The molecule has 0 atom stereocenters. The van der Waals surface area contributed by atoms with Crippen LogP contribution in [0.3, 0.4) is 0 Å². The van der Waals surface area contributed by atoms with Crippen LogP contribution in [0.4, 0.5) is 11.4 Å². The molecular weight excluding hydrogens is 404 g/mol. The van der Waals surface area contributed by atoms with E-state index in [4.69, 9.17) is 21.3 Å². The first-order chi connectivity index (χ1) is 12.1. The Kier molecular flexibility index (Phi) is 5.99. The molecule has 2 aromatic rings. The summed E-state index contributed by atoms with van der Waals surface area (Å²) < 4.78 is 61.5. The number of hydrogen-bond donors (Lipinski definition) is 4. The zero-order chi connectivity index (χ0) is 19.4. The zero-order valence-corrected chi connectivity index (χ0v) is 15.2. The highest BCUT2D eigenvalue weighted by Gasteiger charge is 2.09. The van der Waals surface area contributed by atoms with Gasteiger partial charge in [-0.15, -0.1) is 10.2 Å². The van der Waals surface area contributed by atoms with Crippen molar-refractivity contribution in [3.05, 3.63) is 48.5 Å². The molecule has 0 aliphatic rings. The number of thiocarbonyl (C=S) groups is 1. The van der Waals surface area contributed by atoms with Crippen LogP contribution in [0.1, 0.15) is 0 Å². The van der Waals surface area contributed by atoms with Gasteiger partial charge in [0.15, 0.2) is 0 Å². The summed E-state index contributed by atoms with van der Waals surface area (Å²) in [5.74, 6) is 0. The predicted molar refractivity (Wildman–Crippen MR) is 96.4 cm³/mol. The summed E-state index contributed by atoms with van der Waals surface area (Å²) in [6.07, 6.45) is 0. The predicted octanol–water partition coefficient (Wildman–Crippen LogP) is 2.17. The number of anilines is 1. The SMILES string of the molecule is O=S(=O)(O)c1ccc(N=NC(=S)NNc2ccc(S(=O)(=O)O)cc2)cc1. The molecule has 13 heteroatoms. The van der Waals surface area contributed by atoms with Gasteiger partial charge in [-0.25, -0.2) is 0 Å². The quantitative estimate of drug-likeness (QED) is 0.248. The summed E-state index contributed by atoms with van der Waals surface area (Å²) >= 11 is 4.92. The normalized spacial score (nSPS) is 12.1. The molecule has 0 bridgehead atoms. The summed E-state index contributed by atoms with van der Waals surface area (Å²) in [6, 6.07) is 10.2. The van der Waals surface area contributed by atoms with Crippen LogP contribution in [0.15, 0.2) is 68.6 Å². The molecule has 2 rings (SSSR count). The fraction of sp³-hybridized carbons (Fsp3) is 0. The van der Waals surface area contributed by atoms with Gasteiger partial charge in [0.25, 0.3) is 20.2 Å². The van der Waals surface area contributed by atoms with Crippen molar-refractivity contribution in [3.8, 4) is 0 Å². The smallest absolute Gasteiger partial charge is 0.294 e. The van der Waals surface area contributed by atoms with Crippen molar-refractivity contribution in [1.29, 1.82) is 0 Å². The molecule has 0 radical (unpaired) electrons. The molecule has 2 aromatic carbocycles.